The molecule has 0 fully saturated rings. The Morgan fingerprint density at radius 1 is 1.11 bits per heavy atom. The van der Waals surface area contributed by atoms with Gasteiger partial charge in [0.05, 0.1) is 6.61 Å². The van der Waals surface area contributed by atoms with Gasteiger partial charge in [-0.1, -0.05) is 61.5 Å². The third-order valence-electron chi connectivity index (χ3n) is 4.04. The zero-order chi connectivity index (χ0) is 13.3. The SMILES string of the molecule is CCC(N)C1(c2ccccc2)OCc2ccccc21. The Labute approximate surface area is 114 Å². The molecule has 2 heteroatoms. The molecule has 2 unspecified atom stereocenters. The molecule has 3 rings (SSSR count). The first-order chi connectivity index (χ1) is 9.29. The fourth-order valence-electron chi connectivity index (χ4n) is 3.01. The van der Waals surface area contributed by atoms with Gasteiger partial charge in [0.15, 0.2) is 0 Å². The first kappa shape index (κ1) is 12.4. The molecule has 0 bridgehead atoms. The highest BCUT2D eigenvalue weighted by Crippen LogP contribution is 2.44. The van der Waals surface area contributed by atoms with Crippen molar-refractivity contribution in [3.63, 3.8) is 0 Å². The van der Waals surface area contributed by atoms with Gasteiger partial charge in [0.25, 0.3) is 0 Å². The fourth-order valence-corrected chi connectivity index (χ4v) is 3.01. The van der Waals surface area contributed by atoms with Gasteiger partial charge in [0.1, 0.15) is 5.60 Å². The predicted octanol–water partition coefficient (Wildman–Crippen LogP) is 3.20. The molecule has 0 spiro atoms. The van der Waals surface area contributed by atoms with Gasteiger partial charge in [-0.25, -0.2) is 0 Å². The Morgan fingerprint density at radius 2 is 1.79 bits per heavy atom. The Balaban J connectivity index is 2.21. The highest BCUT2D eigenvalue weighted by Gasteiger charge is 2.45. The molecule has 98 valence electrons. The monoisotopic (exact) mass is 253 g/mol. The van der Waals surface area contributed by atoms with Crippen molar-refractivity contribution in [2.45, 2.75) is 31.6 Å². The molecule has 0 saturated carbocycles. The van der Waals surface area contributed by atoms with Gasteiger partial charge in [-0.15, -0.1) is 0 Å². The Bertz CT molecular complexity index is 566. The summed E-state index contributed by atoms with van der Waals surface area (Å²) in [6.07, 6.45) is 0.878. The average Bonchev–Trinajstić information content (AvgIpc) is 2.88. The van der Waals surface area contributed by atoms with Crippen molar-refractivity contribution in [2.24, 2.45) is 5.73 Å². The van der Waals surface area contributed by atoms with E-state index in [1.807, 2.05) is 18.2 Å². The third-order valence-corrected chi connectivity index (χ3v) is 4.04. The first-order valence-corrected chi connectivity index (χ1v) is 6.82. The van der Waals surface area contributed by atoms with Crippen molar-refractivity contribution in [3.8, 4) is 0 Å². The number of nitrogens with two attached hydrogens (primary N) is 1. The maximum atomic E-state index is 6.44. The van der Waals surface area contributed by atoms with E-state index in [1.165, 1.54) is 11.1 Å². The molecule has 2 N–H and O–H groups in total. The zero-order valence-electron chi connectivity index (χ0n) is 11.2. The summed E-state index contributed by atoms with van der Waals surface area (Å²) in [5.74, 6) is 0. The lowest BCUT2D eigenvalue weighted by atomic mass is 9.79. The number of fused-ring (bicyclic) bond motifs is 1. The van der Waals surface area contributed by atoms with E-state index < -0.39 is 5.60 Å². The van der Waals surface area contributed by atoms with Crippen LogP contribution >= 0.6 is 0 Å². The molecule has 0 saturated heterocycles. The van der Waals surface area contributed by atoms with Gasteiger partial charge in [-0.2, -0.15) is 0 Å². The Kier molecular flexibility index (Phi) is 3.13. The second kappa shape index (κ2) is 4.80. The van der Waals surface area contributed by atoms with Gasteiger partial charge in [-0.3, -0.25) is 0 Å². The molecule has 1 heterocycles. The summed E-state index contributed by atoms with van der Waals surface area (Å²) in [6.45, 7) is 2.75. The zero-order valence-corrected chi connectivity index (χ0v) is 11.2. The summed E-state index contributed by atoms with van der Waals surface area (Å²) in [4.78, 5) is 0. The highest BCUT2D eigenvalue weighted by molar-refractivity contribution is 5.45. The summed E-state index contributed by atoms with van der Waals surface area (Å²) in [5, 5.41) is 0. The molecule has 0 radical (unpaired) electrons. The smallest absolute Gasteiger partial charge is 0.134 e. The molecule has 0 aromatic heterocycles. The first-order valence-electron chi connectivity index (χ1n) is 6.82. The van der Waals surface area contributed by atoms with E-state index in [2.05, 4.69) is 43.3 Å². The number of hydrogen-bond donors (Lipinski definition) is 1. The van der Waals surface area contributed by atoms with Crippen LogP contribution in [-0.2, 0) is 16.9 Å². The van der Waals surface area contributed by atoms with E-state index >= 15 is 0 Å². The van der Waals surface area contributed by atoms with Crippen molar-refractivity contribution in [1.29, 1.82) is 0 Å². The van der Waals surface area contributed by atoms with E-state index in [-0.39, 0.29) is 6.04 Å². The van der Waals surface area contributed by atoms with Gasteiger partial charge in [0, 0.05) is 6.04 Å². The van der Waals surface area contributed by atoms with E-state index in [1.54, 1.807) is 0 Å². The molecule has 1 aliphatic heterocycles. The van der Waals surface area contributed by atoms with E-state index in [9.17, 15) is 0 Å². The molecule has 0 aliphatic carbocycles. The minimum atomic E-state index is -0.493. The van der Waals surface area contributed by atoms with Crippen molar-refractivity contribution in [3.05, 3.63) is 71.3 Å². The molecule has 19 heavy (non-hydrogen) atoms. The summed E-state index contributed by atoms with van der Waals surface area (Å²) < 4.78 is 6.22. The Hall–Kier alpha value is -1.64. The van der Waals surface area contributed by atoms with Crippen LogP contribution in [-0.4, -0.2) is 6.04 Å². The molecule has 2 atom stereocenters. The number of ether oxygens (including phenoxy) is 1. The molecule has 1 aliphatic rings. The number of hydrogen-bond acceptors (Lipinski definition) is 2. The maximum absolute atomic E-state index is 6.44. The van der Waals surface area contributed by atoms with Crippen LogP contribution in [0, 0.1) is 0 Å². The van der Waals surface area contributed by atoms with Crippen molar-refractivity contribution in [1.82, 2.24) is 0 Å². The third kappa shape index (κ3) is 1.79. The summed E-state index contributed by atoms with van der Waals surface area (Å²) in [7, 11) is 0. The fraction of sp³-hybridized carbons (Fsp3) is 0.294. The lowest BCUT2D eigenvalue weighted by Gasteiger charge is -2.35. The van der Waals surface area contributed by atoms with Crippen molar-refractivity contribution < 1.29 is 4.74 Å². The largest absolute Gasteiger partial charge is 0.359 e. The van der Waals surface area contributed by atoms with Crippen LogP contribution in [0.1, 0.15) is 30.0 Å². The second-order valence-corrected chi connectivity index (χ2v) is 5.06. The van der Waals surface area contributed by atoms with Gasteiger partial charge >= 0.3 is 0 Å². The van der Waals surface area contributed by atoms with Crippen molar-refractivity contribution >= 4 is 0 Å². The van der Waals surface area contributed by atoms with Crippen LogP contribution in [0.2, 0.25) is 0 Å². The van der Waals surface area contributed by atoms with Crippen LogP contribution in [0.15, 0.2) is 54.6 Å². The molecular weight excluding hydrogens is 234 g/mol. The van der Waals surface area contributed by atoms with Gasteiger partial charge in [0.2, 0.25) is 0 Å². The number of benzene rings is 2. The molecular formula is C17H19NO. The molecule has 0 amide bonds. The Morgan fingerprint density at radius 3 is 2.53 bits per heavy atom. The van der Waals surface area contributed by atoms with E-state index in [4.69, 9.17) is 10.5 Å². The summed E-state index contributed by atoms with van der Waals surface area (Å²) in [5.41, 5.74) is 9.55. The lowest BCUT2D eigenvalue weighted by molar-refractivity contribution is -0.0253. The average molecular weight is 253 g/mol. The van der Waals surface area contributed by atoms with E-state index in [0.717, 1.165) is 12.0 Å². The summed E-state index contributed by atoms with van der Waals surface area (Å²) >= 11 is 0. The van der Waals surface area contributed by atoms with Crippen LogP contribution < -0.4 is 5.73 Å². The quantitative estimate of drug-likeness (QED) is 0.911. The van der Waals surface area contributed by atoms with Crippen LogP contribution in [0.4, 0.5) is 0 Å². The van der Waals surface area contributed by atoms with Gasteiger partial charge in [-0.05, 0) is 23.1 Å². The van der Waals surface area contributed by atoms with Gasteiger partial charge < -0.3 is 10.5 Å². The maximum Gasteiger partial charge on any atom is 0.134 e. The van der Waals surface area contributed by atoms with Crippen LogP contribution in [0.5, 0.6) is 0 Å². The predicted molar refractivity (Wildman–Crippen MR) is 76.7 cm³/mol. The highest BCUT2D eigenvalue weighted by atomic mass is 16.5. The minimum absolute atomic E-state index is 0.0430. The molecule has 2 aromatic rings. The number of rotatable bonds is 3. The minimum Gasteiger partial charge on any atom is -0.359 e. The molecule has 2 aromatic carbocycles. The van der Waals surface area contributed by atoms with Crippen LogP contribution in [0.3, 0.4) is 0 Å². The molecule has 2 nitrogen and oxygen atoms in total. The lowest BCUT2D eigenvalue weighted by Crippen LogP contribution is -2.45. The second-order valence-electron chi connectivity index (χ2n) is 5.06. The van der Waals surface area contributed by atoms with E-state index in [0.29, 0.717) is 6.61 Å². The topological polar surface area (TPSA) is 35.2 Å². The normalized spacial score (nSPS) is 23.1. The van der Waals surface area contributed by atoms with Crippen molar-refractivity contribution in [2.75, 3.05) is 0 Å². The standard InChI is InChI=1S/C17H19NO/c1-2-16(18)17(14-9-4-3-5-10-14)15-11-7-6-8-13(15)12-19-17/h3-11,16H,2,12,18H2,1H3. The summed E-state index contributed by atoms with van der Waals surface area (Å²) in [6, 6.07) is 18.7. The van der Waals surface area contributed by atoms with Crippen LogP contribution in [0.25, 0.3) is 0 Å².